The molecule has 0 spiro atoms. The fraction of sp³-hybridized carbons (Fsp3) is 0.381. The Hall–Kier alpha value is -2.71. The number of hydrogen-bond acceptors (Lipinski definition) is 4. The Labute approximate surface area is 178 Å². The van der Waals surface area contributed by atoms with Gasteiger partial charge in [0.05, 0.1) is 16.2 Å². The quantitative estimate of drug-likeness (QED) is 0.479. The zero-order valence-electron chi connectivity index (χ0n) is 16.9. The Kier molecular flexibility index (Phi) is 6.01. The van der Waals surface area contributed by atoms with Crippen LogP contribution in [-0.2, 0) is 17.8 Å². The fourth-order valence-electron chi connectivity index (χ4n) is 3.40. The molecule has 1 aliphatic rings. The predicted octanol–water partition coefficient (Wildman–Crippen LogP) is 2.86. The summed E-state index contributed by atoms with van der Waals surface area (Å²) in [7, 11) is 0. The summed E-state index contributed by atoms with van der Waals surface area (Å²) in [4.78, 5) is 38.0. The number of hydrogen-bond donors (Lipinski definition) is 3. The molecule has 2 aromatic rings. The van der Waals surface area contributed by atoms with Crippen LogP contribution in [0.4, 0.5) is 10.1 Å². The van der Waals surface area contributed by atoms with Crippen molar-refractivity contribution in [3.05, 3.63) is 51.6 Å². The normalized spacial score (nSPS) is 13.1. The highest BCUT2D eigenvalue weighted by Gasteiger charge is 2.34. The van der Waals surface area contributed by atoms with E-state index < -0.39 is 23.2 Å². The molecule has 2 heterocycles. The molecule has 2 amide bonds. The summed E-state index contributed by atoms with van der Waals surface area (Å²) >= 11 is 6.40. The van der Waals surface area contributed by atoms with Gasteiger partial charge in [0.2, 0.25) is 0 Å². The molecule has 1 aromatic heterocycles. The number of aryl methyl sites for hydroxylation is 1. The third-order valence-corrected chi connectivity index (χ3v) is 5.22. The van der Waals surface area contributed by atoms with Gasteiger partial charge in [-0.1, -0.05) is 11.6 Å². The number of nitrogens with one attached hydrogen (secondary N) is 2. The van der Waals surface area contributed by atoms with E-state index in [0.29, 0.717) is 36.3 Å². The number of ketones is 1. The highest BCUT2D eigenvalue weighted by molar-refractivity contribution is 6.48. The van der Waals surface area contributed by atoms with E-state index in [1.165, 1.54) is 32.0 Å². The van der Waals surface area contributed by atoms with Gasteiger partial charge in [-0.15, -0.1) is 0 Å². The molecule has 1 aromatic carbocycles. The van der Waals surface area contributed by atoms with Gasteiger partial charge in [0, 0.05) is 24.5 Å². The number of fused-ring (bicyclic) bond motifs is 1. The molecule has 0 unspecified atom stereocenters. The van der Waals surface area contributed by atoms with E-state index in [0.717, 1.165) is 0 Å². The van der Waals surface area contributed by atoms with Gasteiger partial charge >= 0.3 is 0 Å². The second kappa shape index (κ2) is 8.20. The molecule has 0 saturated carbocycles. The number of anilines is 1. The first-order valence-corrected chi connectivity index (χ1v) is 9.90. The Balaban J connectivity index is 1.90. The maximum absolute atomic E-state index is 13.5. The van der Waals surface area contributed by atoms with Gasteiger partial charge in [0.25, 0.3) is 17.6 Å². The summed E-state index contributed by atoms with van der Waals surface area (Å²) in [5.41, 5.74) is 0.255. The van der Waals surface area contributed by atoms with E-state index >= 15 is 0 Å². The highest BCUT2D eigenvalue weighted by Crippen LogP contribution is 2.34. The van der Waals surface area contributed by atoms with Crippen molar-refractivity contribution in [2.75, 3.05) is 11.9 Å². The Morgan fingerprint density at radius 3 is 2.63 bits per heavy atom. The number of Topliss-reactive ketones (excluding diaryl/α,β-unsaturated/α-hetero) is 1. The topological polar surface area (TPSA) is 100 Å². The highest BCUT2D eigenvalue weighted by atomic mass is 35.5. The molecule has 7 nitrogen and oxygen atoms in total. The van der Waals surface area contributed by atoms with Crippen LogP contribution in [0.3, 0.4) is 0 Å². The maximum Gasteiger partial charge on any atom is 0.294 e. The average molecular weight is 436 g/mol. The third kappa shape index (κ3) is 4.39. The van der Waals surface area contributed by atoms with Crippen molar-refractivity contribution in [2.24, 2.45) is 0 Å². The molecule has 0 fully saturated rings. The summed E-state index contributed by atoms with van der Waals surface area (Å²) in [6.07, 6.45) is 1.23. The van der Waals surface area contributed by atoms with Crippen molar-refractivity contribution in [2.45, 2.75) is 45.8 Å². The first-order chi connectivity index (χ1) is 14.0. The number of carbonyl (C=O) groups excluding carboxylic acids is 3. The summed E-state index contributed by atoms with van der Waals surface area (Å²) in [6.45, 7) is 4.92. The molecule has 0 bridgehead atoms. The first-order valence-electron chi connectivity index (χ1n) is 9.53. The van der Waals surface area contributed by atoms with E-state index in [1.807, 2.05) is 0 Å². The number of carbonyl (C=O) groups is 3. The number of nitrogens with zero attached hydrogens (tertiary/aromatic N) is 1. The van der Waals surface area contributed by atoms with Crippen molar-refractivity contribution < 1.29 is 23.9 Å². The zero-order chi connectivity index (χ0) is 22.2. The van der Waals surface area contributed by atoms with Gasteiger partial charge in [-0.2, -0.15) is 0 Å². The lowest BCUT2D eigenvalue weighted by Gasteiger charge is -2.17. The van der Waals surface area contributed by atoms with Crippen molar-refractivity contribution in [3.63, 3.8) is 0 Å². The molecule has 1 aliphatic heterocycles. The van der Waals surface area contributed by atoms with E-state index in [2.05, 4.69) is 10.6 Å². The third-order valence-electron chi connectivity index (χ3n) is 4.85. The Morgan fingerprint density at radius 2 is 2.00 bits per heavy atom. The van der Waals surface area contributed by atoms with Gasteiger partial charge in [0.15, 0.2) is 0 Å². The summed E-state index contributed by atoms with van der Waals surface area (Å²) in [5.74, 6) is -2.70. The minimum Gasteiger partial charge on any atom is -0.389 e. The van der Waals surface area contributed by atoms with Crippen LogP contribution in [0.1, 0.15) is 52.4 Å². The molecular formula is C21H23ClFN3O4. The van der Waals surface area contributed by atoms with Crippen LogP contribution >= 0.6 is 11.6 Å². The number of rotatable bonds is 6. The van der Waals surface area contributed by atoms with Crippen LogP contribution in [0.2, 0.25) is 5.02 Å². The van der Waals surface area contributed by atoms with Crippen LogP contribution in [0, 0.1) is 12.7 Å². The first kappa shape index (κ1) is 22.0. The maximum atomic E-state index is 13.5. The van der Waals surface area contributed by atoms with Crippen LogP contribution < -0.4 is 10.6 Å². The number of aromatic nitrogens is 1. The molecule has 9 heteroatoms. The predicted molar refractivity (Wildman–Crippen MR) is 110 cm³/mol. The molecule has 0 radical (unpaired) electrons. The zero-order valence-corrected chi connectivity index (χ0v) is 17.7. The summed E-state index contributed by atoms with van der Waals surface area (Å²) < 4.78 is 15.1. The minimum absolute atomic E-state index is 0.0437. The lowest BCUT2D eigenvalue weighted by Crippen LogP contribution is -2.41. The van der Waals surface area contributed by atoms with Crippen molar-refractivity contribution in [1.82, 2.24) is 9.88 Å². The summed E-state index contributed by atoms with van der Waals surface area (Å²) in [6, 6.07) is 4.17. The average Bonchev–Trinajstić information content (AvgIpc) is 3.21. The monoisotopic (exact) mass is 435 g/mol. The standard InChI is InChI=1S/C21H23ClFN3O4/c1-11-9-12(6-7-13(11)23)25-19(28)15-14-5-4-8-26(14)17(16(15)22)18(27)20(29)24-10-21(2,3)30/h6-7,9,30H,4-5,8,10H2,1-3H3,(H,24,29)(H,25,28). The van der Waals surface area contributed by atoms with Gasteiger partial charge in [-0.3, -0.25) is 14.4 Å². The molecule has 0 saturated heterocycles. The SMILES string of the molecule is Cc1cc(NC(=O)c2c(Cl)c(C(=O)C(=O)NCC(C)(C)O)n3c2CCC3)ccc1F. The van der Waals surface area contributed by atoms with E-state index in [4.69, 9.17) is 11.6 Å². The Bertz CT molecular complexity index is 1040. The summed E-state index contributed by atoms with van der Waals surface area (Å²) in [5, 5.41) is 14.7. The smallest absolute Gasteiger partial charge is 0.294 e. The van der Waals surface area contributed by atoms with Crippen LogP contribution in [0.5, 0.6) is 0 Å². The minimum atomic E-state index is -1.18. The molecular weight excluding hydrogens is 413 g/mol. The number of halogens is 2. The van der Waals surface area contributed by atoms with Gasteiger partial charge in [0.1, 0.15) is 11.5 Å². The largest absolute Gasteiger partial charge is 0.389 e. The van der Waals surface area contributed by atoms with E-state index in [9.17, 15) is 23.9 Å². The molecule has 0 aliphatic carbocycles. The van der Waals surface area contributed by atoms with Crippen molar-refractivity contribution in [3.8, 4) is 0 Å². The number of amides is 2. The fourth-order valence-corrected chi connectivity index (χ4v) is 3.78. The molecule has 30 heavy (non-hydrogen) atoms. The van der Waals surface area contributed by atoms with Crippen LogP contribution in [0.15, 0.2) is 18.2 Å². The van der Waals surface area contributed by atoms with Crippen LogP contribution in [0.25, 0.3) is 0 Å². The van der Waals surface area contributed by atoms with Crippen LogP contribution in [-0.4, -0.2) is 39.4 Å². The van der Waals surface area contributed by atoms with Gasteiger partial charge in [-0.05, 0) is 57.4 Å². The lowest BCUT2D eigenvalue weighted by molar-refractivity contribution is -0.118. The van der Waals surface area contributed by atoms with Crippen molar-refractivity contribution >= 4 is 34.9 Å². The van der Waals surface area contributed by atoms with Crippen molar-refractivity contribution in [1.29, 1.82) is 0 Å². The molecule has 160 valence electrons. The molecule has 3 rings (SSSR count). The second-order valence-electron chi connectivity index (χ2n) is 7.98. The van der Waals surface area contributed by atoms with E-state index in [-0.39, 0.29) is 28.6 Å². The Morgan fingerprint density at radius 1 is 1.30 bits per heavy atom. The van der Waals surface area contributed by atoms with Gasteiger partial charge < -0.3 is 20.3 Å². The molecule has 3 N–H and O–H groups in total. The number of benzene rings is 1. The number of aliphatic hydroxyl groups is 1. The lowest BCUT2D eigenvalue weighted by atomic mass is 10.1. The second-order valence-corrected chi connectivity index (χ2v) is 8.36. The van der Waals surface area contributed by atoms with Gasteiger partial charge in [-0.25, -0.2) is 4.39 Å². The molecule has 0 atom stereocenters. The van der Waals surface area contributed by atoms with E-state index in [1.54, 1.807) is 11.5 Å².